The number of hydrogen-bond donors (Lipinski definition) is 0. The summed E-state index contributed by atoms with van der Waals surface area (Å²) < 4.78 is 12.3. The highest BCUT2D eigenvalue weighted by Crippen LogP contribution is 2.28. The minimum atomic E-state index is -0.274. The van der Waals surface area contributed by atoms with E-state index in [1.807, 2.05) is 24.3 Å². The Morgan fingerprint density at radius 2 is 1.77 bits per heavy atom. The Bertz CT molecular complexity index is 1360. The van der Waals surface area contributed by atoms with Gasteiger partial charge in [0, 0.05) is 15.6 Å². The molecule has 2 aromatic carbocycles. The maximum atomic E-state index is 12.7. The monoisotopic (exact) mass is 459 g/mol. The van der Waals surface area contributed by atoms with E-state index in [1.165, 1.54) is 15.9 Å². The van der Waals surface area contributed by atoms with Gasteiger partial charge in [0.15, 0.2) is 17.3 Å². The van der Waals surface area contributed by atoms with Crippen molar-refractivity contribution < 1.29 is 9.47 Å². The molecule has 0 fully saturated rings. The van der Waals surface area contributed by atoms with Gasteiger partial charge in [-0.25, -0.2) is 0 Å². The van der Waals surface area contributed by atoms with Crippen LogP contribution in [0.25, 0.3) is 23.2 Å². The quantitative estimate of drug-likeness (QED) is 0.447. The third-order valence-corrected chi connectivity index (χ3v) is 5.92. The molecule has 0 saturated carbocycles. The molecule has 4 rings (SSSR count). The molecule has 0 spiro atoms. The molecule has 0 aliphatic heterocycles. The van der Waals surface area contributed by atoms with Gasteiger partial charge in [0.25, 0.3) is 5.56 Å². The summed E-state index contributed by atoms with van der Waals surface area (Å²) in [5, 5.41) is 5.23. The topological polar surface area (TPSA) is 65.7 Å². The molecule has 2 aromatic heterocycles. The molecule has 0 bridgehead atoms. The molecule has 0 radical (unpaired) electrons. The Morgan fingerprint density at radius 1 is 1.03 bits per heavy atom. The number of methoxy groups -OCH3 is 2. The van der Waals surface area contributed by atoms with Gasteiger partial charge in [0.1, 0.15) is 0 Å². The fourth-order valence-electron chi connectivity index (χ4n) is 2.83. The van der Waals surface area contributed by atoms with Crippen LogP contribution in [0.2, 0.25) is 10.0 Å². The SMILES string of the molecule is COc1ccc(C=Cc2nc3sc(=Cc4c(Cl)cccc4Cl)c(=O)n3n2)cc1OC. The molecule has 4 aromatic rings. The summed E-state index contributed by atoms with van der Waals surface area (Å²) in [5.41, 5.74) is 1.20. The first-order chi connectivity index (χ1) is 14.5. The van der Waals surface area contributed by atoms with E-state index >= 15 is 0 Å². The molecule has 0 aliphatic rings. The predicted molar refractivity (Wildman–Crippen MR) is 121 cm³/mol. The number of hydrogen-bond acceptors (Lipinski definition) is 6. The lowest BCUT2D eigenvalue weighted by Gasteiger charge is -2.07. The summed E-state index contributed by atoms with van der Waals surface area (Å²) in [4.78, 5) is 17.6. The van der Waals surface area contributed by atoms with E-state index in [4.69, 9.17) is 32.7 Å². The number of benzene rings is 2. The van der Waals surface area contributed by atoms with E-state index in [-0.39, 0.29) is 5.56 Å². The van der Waals surface area contributed by atoms with Crippen LogP contribution in [0.5, 0.6) is 11.5 Å². The van der Waals surface area contributed by atoms with Gasteiger partial charge in [0.05, 0.1) is 18.8 Å². The number of ether oxygens (including phenoxy) is 2. The van der Waals surface area contributed by atoms with Crippen LogP contribution >= 0.6 is 34.5 Å². The summed E-state index contributed by atoms with van der Waals surface area (Å²) in [6, 6.07) is 10.7. The fourth-order valence-corrected chi connectivity index (χ4v) is 4.23. The second-order valence-corrected chi connectivity index (χ2v) is 7.99. The van der Waals surface area contributed by atoms with E-state index in [2.05, 4.69) is 10.1 Å². The minimum Gasteiger partial charge on any atom is -0.493 e. The van der Waals surface area contributed by atoms with Gasteiger partial charge < -0.3 is 9.47 Å². The molecular formula is C21H15Cl2N3O3S. The molecule has 152 valence electrons. The molecular weight excluding hydrogens is 445 g/mol. The summed E-state index contributed by atoms with van der Waals surface area (Å²) in [6.45, 7) is 0. The number of halogens is 2. The van der Waals surface area contributed by atoms with Crippen LogP contribution in [0.1, 0.15) is 17.0 Å². The number of thiazole rings is 1. The lowest BCUT2D eigenvalue weighted by atomic mass is 10.2. The lowest BCUT2D eigenvalue weighted by Crippen LogP contribution is -2.23. The van der Waals surface area contributed by atoms with Crippen LogP contribution in [-0.2, 0) is 0 Å². The van der Waals surface area contributed by atoms with Crippen LogP contribution in [0.3, 0.4) is 0 Å². The molecule has 0 amide bonds. The maximum absolute atomic E-state index is 12.7. The van der Waals surface area contributed by atoms with Crippen molar-refractivity contribution in [2.45, 2.75) is 0 Å². The normalized spacial score (nSPS) is 12.2. The Morgan fingerprint density at radius 3 is 2.43 bits per heavy atom. The van der Waals surface area contributed by atoms with E-state index in [1.54, 1.807) is 44.6 Å². The van der Waals surface area contributed by atoms with Crippen LogP contribution in [0.15, 0.2) is 41.2 Å². The summed E-state index contributed by atoms with van der Waals surface area (Å²) in [5.74, 6) is 1.70. The highest BCUT2D eigenvalue weighted by Gasteiger charge is 2.11. The van der Waals surface area contributed by atoms with Crippen molar-refractivity contribution in [3.05, 3.63) is 78.3 Å². The van der Waals surface area contributed by atoms with Gasteiger partial charge in [-0.2, -0.15) is 9.50 Å². The van der Waals surface area contributed by atoms with Gasteiger partial charge in [-0.05, 0) is 42.0 Å². The average molecular weight is 460 g/mol. The van der Waals surface area contributed by atoms with Crippen LogP contribution in [-0.4, -0.2) is 28.8 Å². The van der Waals surface area contributed by atoms with E-state index < -0.39 is 0 Å². The first-order valence-corrected chi connectivity index (χ1v) is 10.3. The van der Waals surface area contributed by atoms with E-state index in [0.29, 0.717) is 42.4 Å². The van der Waals surface area contributed by atoms with Crippen molar-refractivity contribution in [3.8, 4) is 11.5 Å². The van der Waals surface area contributed by atoms with Gasteiger partial charge >= 0.3 is 0 Å². The van der Waals surface area contributed by atoms with Crippen LogP contribution in [0, 0.1) is 0 Å². The number of aromatic nitrogens is 3. The molecule has 2 heterocycles. The second kappa shape index (κ2) is 8.47. The molecule has 9 heteroatoms. The summed E-state index contributed by atoms with van der Waals surface area (Å²) in [6.07, 6.45) is 5.23. The molecule has 0 aliphatic carbocycles. The van der Waals surface area contributed by atoms with Gasteiger partial charge in [-0.15, -0.1) is 5.10 Å². The van der Waals surface area contributed by atoms with Crippen molar-refractivity contribution >= 4 is 57.7 Å². The summed E-state index contributed by atoms with van der Waals surface area (Å²) >= 11 is 13.6. The van der Waals surface area contributed by atoms with E-state index in [9.17, 15) is 4.79 Å². The lowest BCUT2D eigenvalue weighted by molar-refractivity contribution is 0.355. The molecule has 0 atom stereocenters. The molecule has 0 N–H and O–H groups in total. The van der Waals surface area contributed by atoms with Gasteiger partial charge in [0.2, 0.25) is 4.96 Å². The Kier molecular flexibility index (Phi) is 5.76. The Labute approximate surface area is 185 Å². The van der Waals surface area contributed by atoms with Gasteiger partial charge in [-0.3, -0.25) is 4.79 Å². The van der Waals surface area contributed by atoms with E-state index in [0.717, 1.165) is 5.56 Å². The fraction of sp³-hybridized carbons (Fsp3) is 0.0952. The molecule has 6 nitrogen and oxygen atoms in total. The highest BCUT2D eigenvalue weighted by molar-refractivity contribution is 7.15. The number of nitrogens with zero attached hydrogens (tertiary/aromatic N) is 3. The minimum absolute atomic E-state index is 0.274. The zero-order chi connectivity index (χ0) is 21.3. The highest BCUT2D eigenvalue weighted by atomic mass is 35.5. The van der Waals surface area contributed by atoms with Crippen LogP contribution in [0.4, 0.5) is 0 Å². The average Bonchev–Trinajstić information content (AvgIpc) is 3.27. The Hall–Kier alpha value is -2.87. The smallest absolute Gasteiger partial charge is 0.291 e. The van der Waals surface area contributed by atoms with Crippen molar-refractivity contribution in [1.29, 1.82) is 0 Å². The third kappa shape index (κ3) is 3.92. The zero-order valence-corrected chi connectivity index (χ0v) is 18.3. The van der Waals surface area contributed by atoms with Crippen molar-refractivity contribution in [1.82, 2.24) is 14.6 Å². The zero-order valence-electron chi connectivity index (χ0n) is 15.9. The van der Waals surface area contributed by atoms with Crippen molar-refractivity contribution in [2.24, 2.45) is 0 Å². The van der Waals surface area contributed by atoms with Crippen molar-refractivity contribution in [2.75, 3.05) is 14.2 Å². The van der Waals surface area contributed by atoms with Crippen molar-refractivity contribution in [3.63, 3.8) is 0 Å². The predicted octanol–water partition coefficient (Wildman–Crippen LogP) is 4.19. The largest absolute Gasteiger partial charge is 0.493 e. The maximum Gasteiger partial charge on any atom is 0.291 e. The van der Waals surface area contributed by atoms with Crippen LogP contribution < -0.4 is 19.6 Å². The molecule has 0 saturated heterocycles. The summed E-state index contributed by atoms with van der Waals surface area (Å²) in [7, 11) is 3.16. The number of rotatable bonds is 5. The second-order valence-electron chi connectivity index (χ2n) is 6.16. The third-order valence-electron chi connectivity index (χ3n) is 4.31. The molecule has 0 unspecified atom stereocenters. The first kappa shape index (κ1) is 20.4. The van der Waals surface area contributed by atoms with Gasteiger partial charge in [-0.1, -0.05) is 52.7 Å². The Balaban J connectivity index is 1.67. The standard InChI is InChI=1S/C21H15Cl2N3O3S/c1-28-16-8-6-12(10-17(16)29-2)7-9-19-24-21-26(25-19)20(27)18(30-21)11-13-14(22)4-3-5-15(13)23/h3-11H,1-2H3. The number of fused-ring (bicyclic) bond motifs is 1. The first-order valence-electron chi connectivity index (χ1n) is 8.75. The molecule has 30 heavy (non-hydrogen) atoms.